The molecule has 2 atom stereocenters. The minimum atomic E-state index is -0.402. The van der Waals surface area contributed by atoms with E-state index >= 15 is 0 Å². The molecule has 0 aromatic heterocycles. The third-order valence-corrected chi connectivity index (χ3v) is 7.01. The molecule has 0 radical (unpaired) electrons. The highest BCUT2D eigenvalue weighted by Gasteiger charge is 2.57. The van der Waals surface area contributed by atoms with Crippen LogP contribution in [0.3, 0.4) is 0 Å². The number of alkyl carbamates (subject to hydrolysis) is 1. The minimum absolute atomic E-state index is 0.0769. The number of nitrogens with zero attached hydrogens (tertiary/aromatic N) is 1. The average molecular weight is 354 g/mol. The van der Waals surface area contributed by atoms with Gasteiger partial charge in [-0.15, -0.1) is 0 Å². The van der Waals surface area contributed by atoms with Gasteiger partial charge in [0.05, 0.1) is 7.11 Å². The van der Waals surface area contributed by atoms with Crippen LogP contribution in [0.5, 0.6) is 0 Å². The molecule has 2 amide bonds. The number of nitrogens with one attached hydrogen (secondary N) is 1. The molecule has 3 aliphatic carbocycles. The summed E-state index contributed by atoms with van der Waals surface area (Å²) in [7, 11) is 1.37. The van der Waals surface area contributed by atoms with Crippen molar-refractivity contribution in [1.82, 2.24) is 10.2 Å². The van der Waals surface area contributed by atoms with Gasteiger partial charge in [-0.2, -0.15) is 0 Å². The van der Waals surface area contributed by atoms with Crippen LogP contribution < -0.4 is 5.32 Å². The Morgan fingerprint density at radius 2 is 1.85 bits per heavy atom. The Kier molecular flexibility index (Phi) is 3.73. The molecule has 0 spiro atoms. The van der Waals surface area contributed by atoms with Crippen molar-refractivity contribution in [1.29, 1.82) is 0 Å². The predicted octanol–water partition coefficient (Wildman–Crippen LogP) is 2.48. The van der Waals surface area contributed by atoms with E-state index in [4.69, 9.17) is 0 Å². The molecule has 1 aromatic rings. The number of rotatable bonds is 3. The van der Waals surface area contributed by atoms with Gasteiger partial charge in [0.1, 0.15) is 0 Å². The summed E-state index contributed by atoms with van der Waals surface area (Å²) >= 11 is 0. The average Bonchev–Trinajstić information content (AvgIpc) is 2.99. The molecule has 1 N–H and O–H groups in total. The second-order valence-electron chi connectivity index (χ2n) is 8.48. The van der Waals surface area contributed by atoms with E-state index in [1.165, 1.54) is 37.5 Å². The van der Waals surface area contributed by atoms with Crippen LogP contribution in [0.4, 0.5) is 4.79 Å². The van der Waals surface area contributed by atoms with Gasteiger partial charge in [-0.05, 0) is 66.5 Å². The Morgan fingerprint density at radius 3 is 2.58 bits per heavy atom. The number of hydrogen-bond donors (Lipinski definition) is 1. The number of likely N-dealkylation sites (tertiary alicyclic amines) is 1. The van der Waals surface area contributed by atoms with E-state index < -0.39 is 6.09 Å². The molecule has 1 aliphatic heterocycles. The summed E-state index contributed by atoms with van der Waals surface area (Å²) in [6, 6.07) is 7.19. The van der Waals surface area contributed by atoms with E-state index in [0.717, 1.165) is 25.9 Å². The van der Waals surface area contributed by atoms with Gasteiger partial charge in [0, 0.05) is 25.0 Å². The van der Waals surface area contributed by atoms with Crippen molar-refractivity contribution >= 4 is 12.0 Å². The van der Waals surface area contributed by atoms with Crippen LogP contribution in [0.1, 0.15) is 41.9 Å². The summed E-state index contributed by atoms with van der Waals surface area (Å²) < 4.78 is 4.61. The fourth-order valence-corrected chi connectivity index (χ4v) is 5.42. The lowest BCUT2D eigenvalue weighted by molar-refractivity contribution is -0.138. The zero-order valence-corrected chi connectivity index (χ0v) is 15.2. The molecule has 3 fully saturated rings. The van der Waals surface area contributed by atoms with Crippen molar-refractivity contribution in [2.75, 3.05) is 20.2 Å². The topological polar surface area (TPSA) is 58.6 Å². The number of piperidine rings is 1. The smallest absolute Gasteiger partial charge is 0.407 e. The number of ether oxygens (including phenoxy) is 1. The van der Waals surface area contributed by atoms with Crippen LogP contribution in [0.15, 0.2) is 18.2 Å². The lowest BCUT2D eigenvalue weighted by Crippen LogP contribution is -2.50. The highest BCUT2D eigenvalue weighted by Crippen LogP contribution is 2.58. The number of aryl methyl sites for hydroxylation is 2. The van der Waals surface area contributed by atoms with Gasteiger partial charge in [-0.25, -0.2) is 4.79 Å². The van der Waals surface area contributed by atoms with E-state index in [0.29, 0.717) is 17.8 Å². The quantitative estimate of drug-likeness (QED) is 0.907. The van der Waals surface area contributed by atoms with Gasteiger partial charge in [0.15, 0.2) is 0 Å². The van der Waals surface area contributed by atoms with Gasteiger partial charge in [-0.3, -0.25) is 4.79 Å². The molecule has 0 bridgehead atoms. The Balaban J connectivity index is 1.14. The van der Waals surface area contributed by atoms with E-state index in [1.54, 1.807) is 5.56 Å². The number of benzene rings is 1. The highest BCUT2D eigenvalue weighted by atomic mass is 16.5. The van der Waals surface area contributed by atoms with E-state index in [1.807, 2.05) is 0 Å². The molecule has 2 unspecified atom stereocenters. The van der Waals surface area contributed by atoms with Gasteiger partial charge in [-0.1, -0.05) is 18.2 Å². The van der Waals surface area contributed by atoms with Crippen molar-refractivity contribution in [3.63, 3.8) is 0 Å². The Hall–Kier alpha value is -2.04. The number of carbonyl (C=O) groups excluding carboxylic acids is 2. The van der Waals surface area contributed by atoms with Crippen LogP contribution in [-0.2, 0) is 22.4 Å². The molecule has 1 heterocycles. The first-order valence-electron chi connectivity index (χ1n) is 9.89. The van der Waals surface area contributed by atoms with Gasteiger partial charge < -0.3 is 15.0 Å². The van der Waals surface area contributed by atoms with Crippen LogP contribution in [0, 0.1) is 17.8 Å². The molecule has 4 aliphatic rings. The lowest BCUT2D eigenvalue weighted by atomic mass is 9.79. The molecule has 138 valence electrons. The molecular formula is C21H26N2O3. The first-order valence-corrected chi connectivity index (χ1v) is 9.89. The summed E-state index contributed by atoms with van der Waals surface area (Å²) in [5.41, 5.74) is 4.59. The van der Waals surface area contributed by atoms with Crippen molar-refractivity contribution in [3.05, 3.63) is 34.9 Å². The van der Waals surface area contributed by atoms with Crippen molar-refractivity contribution in [2.24, 2.45) is 17.8 Å². The number of carbonyl (C=O) groups is 2. The highest BCUT2D eigenvalue weighted by molar-refractivity contribution is 5.81. The maximum atomic E-state index is 12.7. The van der Waals surface area contributed by atoms with Gasteiger partial charge in [0.2, 0.25) is 5.91 Å². The molecule has 1 aromatic carbocycles. The maximum absolute atomic E-state index is 12.7. The minimum Gasteiger partial charge on any atom is -0.453 e. The first kappa shape index (κ1) is 16.2. The second kappa shape index (κ2) is 6.00. The third-order valence-electron chi connectivity index (χ3n) is 7.01. The fraction of sp³-hybridized carbons (Fsp3) is 0.619. The third kappa shape index (κ3) is 2.60. The largest absolute Gasteiger partial charge is 0.453 e. The Bertz CT molecular complexity index is 744. The number of fused-ring (bicyclic) bond motifs is 2. The standard InChI is InChI=1S/C21H26N2O3/c1-26-21(25)22-16-8-15(9-16)20(24)23-10-17-18(11-23)19(17)14-6-5-12-3-2-4-13(12)7-14/h5-7,15-19H,2-4,8-11H2,1H3,(H,22,25). The molecule has 5 rings (SSSR count). The monoisotopic (exact) mass is 354 g/mol. The normalized spacial score (nSPS) is 33.9. The second-order valence-corrected chi connectivity index (χ2v) is 8.48. The Morgan fingerprint density at radius 1 is 1.12 bits per heavy atom. The van der Waals surface area contributed by atoms with Crippen LogP contribution in [0.2, 0.25) is 0 Å². The van der Waals surface area contributed by atoms with E-state index in [-0.39, 0.29) is 17.9 Å². The molecule has 1 saturated heterocycles. The summed E-state index contributed by atoms with van der Waals surface area (Å²) in [6.45, 7) is 1.83. The summed E-state index contributed by atoms with van der Waals surface area (Å²) in [5.74, 6) is 2.34. The maximum Gasteiger partial charge on any atom is 0.407 e. The number of hydrogen-bond acceptors (Lipinski definition) is 3. The molecule has 2 saturated carbocycles. The summed E-state index contributed by atoms with van der Waals surface area (Å²) in [4.78, 5) is 26.0. The first-order chi connectivity index (χ1) is 12.6. The molecule has 26 heavy (non-hydrogen) atoms. The van der Waals surface area contributed by atoms with Gasteiger partial charge in [0.25, 0.3) is 0 Å². The van der Waals surface area contributed by atoms with E-state index in [9.17, 15) is 9.59 Å². The predicted molar refractivity (Wildman–Crippen MR) is 96.8 cm³/mol. The fourth-order valence-electron chi connectivity index (χ4n) is 5.42. The lowest BCUT2D eigenvalue weighted by Gasteiger charge is -2.37. The number of methoxy groups -OCH3 is 1. The number of amides is 2. The van der Waals surface area contributed by atoms with Crippen LogP contribution >= 0.6 is 0 Å². The molecular weight excluding hydrogens is 328 g/mol. The molecule has 5 nitrogen and oxygen atoms in total. The molecule has 5 heteroatoms. The van der Waals surface area contributed by atoms with Crippen molar-refractivity contribution in [2.45, 2.75) is 44.1 Å². The zero-order chi connectivity index (χ0) is 17.8. The Labute approximate surface area is 154 Å². The van der Waals surface area contributed by atoms with Crippen LogP contribution in [0.25, 0.3) is 0 Å². The SMILES string of the molecule is COC(=O)NC1CC(C(=O)N2CC3C(C2)C3c2ccc3c(c2)CCC3)C1. The zero-order valence-electron chi connectivity index (χ0n) is 15.2. The summed E-state index contributed by atoms with van der Waals surface area (Å²) in [6.07, 6.45) is 4.86. The van der Waals surface area contributed by atoms with E-state index in [2.05, 4.69) is 33.2 Å². The van der Waals surface area contributed by atoms with Crippen molar-refractivity contribution in [3.8, 4) is 0 Å². The summed E-state index contributed by atoms with van der Waals surface area (Å²) in [5, 5.41) is 2.78. The van der Waals surface area contributed by atoms with Gasteiger partial charge >= 0.3 is 6.09 Å². The van der Waals surface area contributed by atoms with Crippen molar-refractivity contribution < 1.29 is 14.3 Å². The van der Waals surface area contributed by atoms with Crippen LogP contribution in [-0.4, -0.2) is 43.1 Å².